The first-order valence-corrected chi connectivity index (χ1v) is 8.51. The zero-order valence-electron chi connectivity index (χ0n) is 12.9. The van der Waals surface area contributed by atoms with Crippen LogP contribution in [0.3, 0.4) is 0 Å². The van der Waals surface area contributed by atoms with Crippen LogP contribution in [-0.4, -0.2) is 25.1 Å². The first-order valence-electron chi connectivity index (χ1n) is 7.03. The van der Waals surface area contributed by atoms with E-state index in [0.29, 0.717) is 5.75 Å². The van der Waals surface area contributed by atoms with Gasteiger partial charge in [-0.25, -0.2) is 18.1 Å². The fourth-order valence-corrected chi connectivity index (χ4v) is 3.33. The number of hydrogen-bond acceptors (Lipinski definition) is 4. The lowest BCUT2D eigenvalue weighted by atomic mass is 10.2. The van der Waals surface area contributed by atoms with Gasteiger partial charge in [0, 0.05) is 13.6 Å². The highest BCUT2D eigenvalue weighted by atomic mass is 32.2. The smallest absolute Gasteiger partial charge is 0.240 e. The lowest BCUT2D eigenvalue weighted by molar-refractivity contribution is 0.414. The number of aromatic nitrogens is 2. The van der Waals surface area contributed by atoms with Crippen molar-refractivity contribution >= 4 is 21.1 Å². The molecule has 2 aromatic carbocycles. The van der Waals surface area contributed by atoms with Gasteiger partial charge in [0.15, 0.2) is 0 Å². The Morgan fingerprint density at radius 3 is 2.61 bits per heavy atom. The number of hydrogen-bond donors (Lipinski definition) is 1. The van der Waals surface area contributed by atoms with Gasteiger partial charge in [0.1, 0.15) is 5.75 Å². The van der Waals surface area contributed by atoms with Gasteiger partial charge >= 0.3 is 0 Å². The van der Waals surface area contributed by atoms with Crippen LogP contribution in [-0.2, 0) is 23.6 Å². The van der Waals surface area contributed by atoms with Crippen LogP contribution >= 0.6 is 0 Å². The molecule has 0 saturated carbocycles. The Hall–Kier alpha value is -2.38. The van der Waals surface area contributed by atoms with E-state index >= 15 is 0 Å². The molecule has 6 nitrogen and oxygen atoms in total. The number of aryl methyl sites for hydroxylation is 1. The summed E-state index contributed by atoms with van der Waals surface area (Å²) in [6.07, 6.45) is 1.73. The van der Waals surface area contributed by atoms with Crippen LogP contribution < -0.4 is 9.46 Å². The molecule has 0 saturated heterocycles. The van der Waals surface area contributed by atoms with Gasteiger partial charge in [-0.2, -0.15) is 0 Å². The molecular weight excluding hydrogens is 314 g/mol. The average molecular weight is 331 g/mol. The highest BCUT2D eigenvalue weighted by Crippen LogP contribution is 2.17. The number of nitrogens with zero attached hydrogens (tertiary/aromatic N) is 2. The minimum absolute atomic E-state index is 0.206. The molecule has 3 aromatic rings. The van der Waals surface area contributed by atoms with E-state index in [-0.39, 0.29) is 11.4 Å². The van der Waals surface area contributed by atoms with Crippen molar-refractivity contribution in [3.05, 3.63) is 54.4 Å². The van der Waals surface area contributed by atoms with E-state index in [4.69, 9.17) is 4.74 Å². The Kier molecular flexibility index (Phi) is 4.06. The van der Waals surface area contributed by atoms with Gasteiger partial charge in [0.2, 0.25) is 10.0 Å². The van der Waals surface area contributed by atoms with Crippen LogP contribution in [0.4, 0.5) is 0 Å². The predicted molar refractivity (Wildman–Crippen MR) is 87.7 cm³/mol. The van der Waals surface area contributed by atoms with Crippen molar-refractivity contribution in [2.45, 2.75) is 11.4 Å². The number of ether oxygens (including phenoxy) is 1. The standard InChI is InChI=1S/C16H17N3O3S/c1-19-11-17-15-9-12(3-8-16(15)19)10-18-23(20,21)14-6-4-13(22-2)5-7-14/h3-9,11,18H,10H2,1-2H3. The van der Waals surface area contributed by atoms with Crippen LogP contribution in [0.25, 0.3) is 11.0 Å². The maximum Gasteiger partial charge on any atom is 0.240 e. The molecule has 0 amide bonds. The minimum Gasteiger partial charge on any atom is -0.497 e. The largest absolute Gasteiger partial charge is 0.497 e. The molecule has 0 atom stereocenters. The van der Waals surface area contributed by atoms with Gasteiger partial charge in [0.25, 0.3) is 0 Å². The highest BCUT2D eigenvalue weighted by molar-refractivity contribution is 7.89. The number of methoxy groups -OCH3 is 1. The number of benzene rings is 2. The van der Waals surface area contributed by atoms with Crippen LogP contribution in [0.1, 0.15) is 5.56 Å². The third kappa shape index (κ3) is 3.20. The van der Waals surface area contributed by atoms with Crippen LogP contribution in [0.15, 0.2) is 53.7 Å². The summed E-state index contributed by atoms with van der Waals surface area (Å²) in [6.45, 7) is 0.209. The number of nitrogens with one attached hydrogen (secondary N) is 1. The summed E-state index contributed by atoms with van der Waals surface area (Å²) in [5.74, 6) is 0.615. The van der Waals surface area contributed by atoms with Crippen LogP contribution in [0.5, 0.6) is 5.75 Å². The molecule has 0 aliphatic heterocycles. The Labute approximate surface area is 134 Å². The molecule has 0 unspecified atom stereocenters. The van der Waals surface area contributed by atoms with Gasteiger partial charge in [-0.05, 0) is 42.0 Å². The summed E-state index contributed by atoms with van der Waals surface area (Å²) in [6, 6.07) is 12.0. The number of imidazole rings is 1. The van der Waals surface area contributed by atoms with Gasteiger partial charge in [0.05, 0.1) is 29.4 Å². The average Bonchev–Trinajstić information content (AvgIpc) is 2.94. The summed E-state index contributed by atoms with van der Waals surface area (Å²) in [5, 5.41) is 0. The molecule has 1 aromatic heterocycles. The normalized spacial score (nSPS) is 11.7. The molecular formula is C16H17N3O3S. The fraction of sp³-hybridized carbons (Fsp3) is 0.188. The summed E-state index contributed by atoms with van der Waals surface area (Å²) >= 11 is 0. The van der Waals surface area contributed by atoms with E-state index in [0.717, 1.165) is 16.6 Å². The zero-order chi connectivity index (χ0) is 16.4. The molecule has 3 rings (SSSR count). The second-order valence-electron chi connectivity index (χ2n) is 5.18. The first kappa shape index (κ1) is 15.5. The van der Waals surface area contributed by atoms with Crippen molar-refractivity contribution in [3.8, 4) is 5.75 Å². The molecule has 7 heteroatoms. The second kappa shape index (κ2) is 6.02. The Morgan fingerprint density at radius 1 is 1.17 bits per heavy atom. The van der Waals surface area contributed by atoms with E-state index in [1.807, 2.05) is 29.8 Å². The highest BCUT2D eigenvalue weighted by Gasteiger charge is 2.14. The molecule has 1 heterocycles. The SMILES string of the molecule is COc1ccc(S(=O)(=O)NCc2ccc3c(c2)ncn3C)cc1. The Morgan fingerprint density at radius 2 is 1.91 bits per heavy atom. The molecule has 1 N–H and O–H groups in total. The van der Waals surface area contributed by atoms with E-state index in [9.17, 15) is 8.42 Å². The number of fused-ring (bicyclic) bond motifs is 1. The molecule has 0 spiro atoms. The molecule has 120 valence electrons. The predicted octanol–water partition coefficient (Wildman–Crippen LogP) is 2.06. The molecule has 0 fully saturated rings. The molecule has 0 aliphatic carbocycles. The Balaban J connectivity index is 1.76. The van der Waals surface area contributed by atoms with Crippen LogP contribution in [0.2, 0.25) is 0 Å². The van der Waals surface area contributed by atoms with Crippen molar-refractivity contribution in [2.75, 3.05) is 7.11 Å². The van der Waals surface area contributed by atoms with Crippen molar-refractivity contribution in [2.24, 2.45) is 7.05 Å². The molecule has 0 radical (unpaired) electrons. The topological polar surface area (TPSA) is 73.2 Å². The minimum atomic E-state index is -3.56. The van der Waals surface area contributed by atoms with Gasteiger partial charge in [-0.15, -0.1) is 0 Å². The summed E-state index contributed by atoms with van der Waals surface area (Å²) in [4.78, 5) is 4.48. The van der Waals surface area contributed by atoms with Gasteiger partial charge in [-0.3, -0.25) is 0 Å². The summed E-state index contributed by atoms with van der Waals surface area (Å²) in [7, 11) is -0.107. The third-order valence-corrected chi connectivity index (χ3v) is 5.04. The lowest BCUT2D eigenvalue weighted by Gasteiger charge is -2.08. The zero-order valence-corrected chi connectivity index (χ0v) is 13.7. The van der Waals surface area contributed by atoms with Crippen molar-refractivity contribution in [1.29, 1.82) is 0 Å². The van der Waals surface area contributed by atoms with Crippen LogP contribution in [0, 0.1) is 0 Å². The second-order valence-corrected chi connectivity index (χ2v) is 6.95. The maximum absolute atomic E-state index is 12.3. The van der Waals surface area contributed by atoms with Crippen molar-refractivity contribution in [3.63, 3.8) is 0 Å². The molecule has 0 aliphatic rings. The first-order chi connectivity index (χ1) is 11.0. The Bertz CT molecular complexity index is 931. The van der Waals surface area contributed by atoms with E-state index in [2.05, 4.69) is 9.71 Å². The quantitative estimate of drug-likeness (QED) is 0.777. The van der Waals surface area contributed by atoms with Gasteiger partial charge < -0.3 is 9.30 Å². The van der Waals surface area contributed by atoms with Crippen molar-refractivity contribution in [1.82, 2.24) is 14.3 Å². The third-order valence-electron chi connectivity index (χ3n) is 3.63. The van der Waals surface area contributed by atoms with E-state index in [1.165, 1.54) is 19.2 Å². The number of sulfonamides is 1. The molecule has 23 heavy (non-hydrogen) atoms. The monoisotopic (exact) mass is 331 g/mol. The fourth-order valence-electron chi connectivity index (χ4n) is 2.31. The lowest BCUT2D eigenvalue weighted by Crippen LogP contribution is -2.23. The maximum atomic E-state index is 12.3. The summed E-state index contributed by atoms with van der Waals surface area (Å²) in [5.41, 5.74) is 2.70. The summed E-state index contributed by atoms with van der Waals surface area (Å²) < 4.78 is 34.1. The van der Waals surface area contributed by atoms with E-state index in [1.54, 1.807) is 18.5 Å². The number of rotatable bonds is 5. The van der Waals surface area contributed by atoms with Crippen molar-refractivity contribution < 1.29 is 13.2 Å². The van der Waals surface area contributed by atoms with Gasteiger partial charge in [-0.1, -0.05) is 6.07 Å². The molecule has 0 bridgehead atoms. The van der Waals surface area contributed by atoms with E-state index < -0.39 is 10.0 Å².